The Morgan fingerprint density at radius 1 is 1.23 bits per heavy atom. The number of nitrogen functional groups attached to an aromatic ring is 1. The predicted molar refractivity (Wildman–Crippen MR) is 117 cm³/mol. The molecule has 0 aliphatic heterocycles. The van der Waals surface area contributed by atoms with Crippen LogP contribution in [0.5, 0.6) is 0 Å². The Balaban J connectivity index is 1.99. The molecule has 4 rings (SSSR count). The zero-order valence-corrected chi connectivity index (χ0v) is 17.8. The third kappa shape index (κ3) is 3.36. The van der Waals surface area contributed by atoms with Gasteiger partial charge in [0.15, 0.2) is 0 Å². The normalized spacial score (nSPS) is 11.0. The van der Waals surface area contributed by atoms with Crippen LogP contribution in [0.25, 0.3) is 21.5 Å². The van der Waals surface area contributed by atoms with E-state index in [0.29, 0.717) is 42.7 Å². The van der Waals surface area contributed by atoms with Gasteiger partial charge in [0.1, 0.15) is 15.5 Å². The van der Waals surface area contributed by atoms with Crippen molar-refractivity contribution in [2.75, 3.05) is 12.3 Å². The second-order valence-electron chi connectivity index (χ2n) is 6.51. The summed E-state index contributed by atoms with van der Waals surface area (Å²) in [6.45, 7) is 3.66. The number of pyridine rings is 1. The Hall–Kier alpha value is -3.16. The van der Waals surface area contributed by atoms with Crippen molar-refractivity contribution in [1.82, 2.24) is 4.98 Å². The van der Waals surface area contributed by atoms with Gasteiger partial charge in [-0.15, -0.1) is 11.3 Å². The molecule has 0 aliphatic rings. The number of benzene rings is 1. The summed E-state index contributed by atoms with van der Waals surface area (Å²) in [5, 5.41) is 1.04. The molecule has 0 aliphatic carbocycles. The molecule has 0 saturated carbocycles. The van der Waals surface area contributed by atoms with Crippen LogP contribution in [0.15, 0.2) is 47.1 Å². The summed E-state index contributed by atoms with van der Waals surface area (Å²) in [6, 6.07) is 10.0. The van der Waals surface area contributed by atoms with Crippen LogP contribution in [0.2, 0.25) is 5.02 Å². The largest absolute Gasteiger partial charge is 0.464 e. The molecule has 2 N–H and O–H groups in total. The minimum Gasteiger partial charge on any atom is -0.464 e. The van der Waals surface area contributed by atoms with Crippen LogP contribution < -0.4 is 5.73 Å². The molecule has 4 aromatic rings. The topological polar surface area (TPSA) is 95.4 Å². The standard InChI is InChI=1S/C22H17ClN2O4S/c1-3-28-22(27)15-11(2)25-21-17(16(15)14-5-4-10-29-14)18(24)20(30-21)19(26)12-6-8-13(23)9-7-12/h4-10H,3,24H2,1-2H3. The lowest BCUT2D eigenvalue weighted by Gasteiger charge is -2.11. The summed E-state index contributed by atoms with van der Waals surface area (Å²) in [7, 11) is 0. The van der Waals surface area contributed by atoms with Crippen molar-refractivity contribution in [3.8, 4) is 11.3 Å². The molecule has 152 valence electrons. The molecule has 0 saturated heterocycles. The van der Waals surface area contributed by atoms with Gasteiger partial charge in [0, 0.05) is 21.5 Å². The molecule has 3 heterocycles. The van der Waals surface area contributed by atoms with Crippen LogP contribution in [0, 0.1) is 6.92 Å². The highest BCUT2D eigenvalue weighted by atomic mass is 35.5. The third-order valence-electron chi connectivity index (χ3n) is 4.62. The zero-order chi connectivity index (χ0) is 21.4. The van der Waals surface area contributed by atoms with Gasteiger partial charge in [-0.25, -0.2) is 9.78 Å². The molecular weight excluding hydrogens is 424 g/mol. The van der Waals surface area contributed by atoms with Crippen molar-refractivity contribution >= 4 is 50.6 Å². The molecule has 6 nitrogen and oxygen atoms in total. The van der Waals surface area contributed by atoms with Crippen molar-refractivity contribution in [3.63, 3.8) is 0 Å². The number of nitrogens with two attached hydrogens (primary N) is 1. The lowest BCUT2D eigenvalue weighted by atomic mass is 9.99. The van der Waals surface area contributed by atoms with Gasteiger partial charge >= 0.3 is 5.97 Å². The fraction of sp³-hybridized carbons (Fsp3) is 0.136. The quantitative estimate of drug-likeness (QED) is 0.325. The van der Waals surface area contributed by atoms with Crippen molar-refractivity contribution in [1.29, 1.82) is 0 Å². The van der Waals surface area contributed by atoms with E-state index in [1.165, 1.54) is 17.6 Å². The number of furan rings is 1. The second-order valence-corrected chi connectivity index (χ2v) is 7.94. The number of ketones is 1. The highest BCUT2D eigenvalue weighted by molar-refractivity contribution is 7.21. The number of hydrogen-bond acceptors (Lipinski definition) is 7. The van der Waals surface area contributed by atoms with Crippen LogP contribution in [-0.2, 0) is 4.74 Å². The maximum atomic E-state index is 13.1. The average molecular weight is 441 g/mol. The first kappa shape index (κ1) is 20.1. The van der Waals surface area contributed by atoms with Gasteiger partial charge in [-0.05, 0) is 50.2 Å². The first-order valence-electron chi connectivity index (χ1n) is 9.16. The summed E-state index contributed by atoms with van der Waals surface area (Å²) in [5.41, 5.74) is 8.36. The summed E-state index contributed by atoms with van der Waals surface area (Å²) in [6.07, 6.45) is 1.51. The fourth-order valence-electron chi connectivity index (χ4n) is 3.29. The van der Waals surface area contributed by atoms with Gasteiger partial charge in [0.2, 0.25) is 5.78 Å². The van der Waals surface area contributed by atoms with E-state index in [4.69, 9.17) is 26.5 Å². The van der Waals surface area contributed by atoms with Gasteiger partial charge in [-0.2, -0.15) is 0 Å². The number of halogens is 1. The average Bonchev–Trinajstić information content (AvgIpc) is 3.36. The Morgan fingerprint density at radius 2 is 1.97 bits per heavy atom. The second kappa shape index (κ2) is 7.93. The van der Waals surface area contributed by atoms with Crippen molar-refractivity contribution in [2.24, 2.45) is 0 Å². The molecule has 0 bridgehead atoms. The van der Waals surface area contributed by atoms with E-state index in [1.54, 1.807) is 50.2 Å². The Kier molecular flexibility index (Phi) is 5.32. The van der Waals surface area contributed by atoms with Crippen LogP contribution in [0.4, 0.5) is 5.69 Å². The van der Waals surface area contributed by atoms with Crippen LogP contribution >= 0.6 is 22.9 Å². The van der Waals surface area contributed by atoms with Crippen molar-refractivity contribution in [2.45, 2.75) is 13.8 Å². The number of carbonyl (C=O) groups excluding carboxylic acids is 2. The number of aryl methyl sites for hydroxylation is 1. The molecular formula is C22H17ClN2O4S. The molecule has 3 aromatic heterocycles. The smallest absolute Gasteiger partial charge is 0.340 e. The molecule has 0 fully saturated rings. The minimum atomic E-state index is -0.521. The Labute approximate surface area is 181 Å². The van der Waals surface area contributed by atoms with E-state index in [-0.39, 0.29) is 23.6 Å². The van der Waals surface area contributed by atoms with Gasteiger partial charge in [0.05, 0.1) is 29.8 Å². The van der Waals surface area contributed by atoms with E-state index in [2.05, 4.69) is 4.98 Å². The summed E-state index contributed by atoms with van der Waals surface area (Å²) in [5.74, 6) is -0.316. The monoisotopic (exact) mass is 440 g/mol. The van der Waals surface area contributed by atoms with Crippen LogP contribution in [0.1, 0.15) is 38.2 Å². The molecule has 0 unspecified atom stereocenters. The molecule has 8 heteroatoms. The molecule has 0 radical (unpaired) electrons. The molecule has 0 atom stereocenters. The Bertz CT molecular complexity index is 1260. The highest BCUT2D eigenvalue weighted by Crippen LogP contribution is 2.43. The van der Waals surface area contributed by atoms with E-state index in [1.807, 2.05) is 0 Å². The summed E-state index contributed by atoms with van der Waals surface area (Å²) < 4.78 is 10.8. The van der Waals surface area contributed by atoms with Gasteiger partial charge in [0.25, 0.3) is 0 Å². The van der Waals surface area contributed by atoms with E-state index in [9.17, 15) is 9.59 Å². The molecule has 1 aromatic carbocycles. The van der Waals surface area contributed by atoms with Gasteiger partial charge < -0.3 is 14.9 Å². The number of anilines is 1. The maximum Gasteiger partial charge on any atom is 0.340 e. The SMILES string of the molecule is CCOC(=O)c1c(C)nc2sc(C(=O)c3ccc(Cl)cc3)c(N)c2c1-c1ccco1. The molecule has 0 amide bonds. The Morgan fingerprint density at radius 3 is 2.60 bits per heavy atom. The number of fused-ring (bicyclic) bond motifs is 1. The van der Waals surface area contributed by atoms with Crippen LogP contribution in [0.3, 0.4) is 0 Å². The highest BCUT2D eigenvalue weighted by Gasteiger charge is 2.28. The number of ether oxygens (including phenoxy) is 1. The van der Waals surface area contributed by atoms with Crippen molar-refractivity contribution in [3.05, 3.63) is 69.4 Å². The number of hydrogen-bond donors (Lipinski definition) is 1. The number of nitrogens with zero attached hydrogens (tertiary/aromatic N) is 1. The predicted octanol–water partition coefficient (Wildman–Crippen LogP) is 5.51. The fourth-order valence-corrected chi connectivity index (χ4v) is 4.53. The van der Waals surface area contributed by atoms with Crippen molar-refractivity contribution < 1.29 is 18.7 Å². The van der Waals surface area contributed by atoms with E-state index < -0.39 is 5.97 Å². The minimum absolute atomic E-state index is 0.216. The number of thiophene rings is 1. The third-order valence-corrected chi connectivity index (χ3v) is 5.97. The number of carbonyl (C=O) groups is 2. The number of aromatic nitrogens is 1. The molecule has 30 heavy (non-hydrogen) atoms. The first-order valence-corrected chi connectivity index (χ1v) is 10.4. The zero-order valence-electron chi connectivity index (χ0n) is 16.2. The molecule has 0 spiro atoms. The lowest BCUT2D eigenvalue weighted by molar-refractivity contribution is 0.0525. The van der Waals surface area contributed by atoms with Crippen LogP contribution in [-0.4, -0.2) is 23.3 Å². The maximum absolute atomic E-state index is 13.1. The van der Waals surface area contributed by atoms with E-state index >= 15 is 0 Å². The summed E-state index contributed by atoms with van der Waals surface area (Å²) in [4.78, 5) is 31.2. The van der Waals surface area contributed by atoms with Gasteiger partial charge in [-0.3, -0.25) is 4.79 Å². The summed E-state index contributed by atoms with van der Waals surface area (Å²) >= 11 is 7.11. The lowest BCUT2D eigenvalue weighted by Crippen LogP contribution is -2.10. The number of esters is 1. The van der Waals surface area contributed by atoms with Gasteiger partial charge in [-0.1, -0.05) is 11.6 Å². The first-order chi connectivity index (χ1) is 14.4. The number of rotatable bonds is 5. The van der Waals surface area contributed by atoms with E-state index in [0.717, 1.165) is 0 Å².